The molecule has 2 aromatic rings. The van der Waals surface area contributed by atoms with E-state index < -0.39 is 5.54 Å². The molecule has 112 valence electrons. The Morgan fingerprint density at radius 2 is 2.05 bits per heavy atom. The summed E-state index contributed by atoms with van der Waals surface area (Å²) in [6, 6.07) is 11.5. The molecule has 0 fully saturated rings. The van der Waals surface area contributed by atoms with Gasteiger partial charge < -0.3 is 10.5 Å². The van der Waals surface area contributed by atoms with Crippen molar-refractivity contribution in [3.05, 3.63) is 52.2 Å². The van der Waals surface area contributed by atoms with Crippen LogP contribution in [0, 0.1) is 0 Å². The Morgan fingerprint density at radius 3 is 2.52 bits per heavy atom. The molecule has 0 bridgehead atoms. The summed E-state index contributed by atoms with van der Waals surface area (Å²) < 4.78 is 5.16. The summed E-state index contributed by atoms with van der Waals surface area (Å²) in [5.41, 5.74) is 5.69. The number of nitrogens with one attached hydrogen (secondary N) is 1. The van der Waals surface area contributed by atoms with Gasteiger partial charge in [0.05, 0.1) is 7.11 Å². The fourth-order valence-corrected chi connectivity index (χ4v) is 3.01. The number of thiophene rings is 1. The number of ether oxygens (including phenoxy) is 1. The third-order valence-electron chi connectivity index (χ3n) is 3.68. The Labute approximate surface area is 128 Å². The van der Waals surface area contributed by atoms with E-state index in [1.165, 1.54) is 4.88 Å². The van der Waals surface area contributed by atoms with Gasteiger partial charge in [-0.3, -0.25) is 10.1 Å². The minimum atomic E-state index is -0.865. The van der Waals surface area contributed by atoms with E-state index in [1.54, 1.807) is 18.4 Å². The quantitative estimate of drug-likeness (QED) is 0.826. The van der Waals surface area contributed by atoms with Gasteiger partial charge >= 0.3 is 0 Å². The van der Waals surface area contributed by atoms with E-state index in [9.17, 15) is 4.79 Å². The number of rotatable bonds is 7. The predicted molar refractivity (Wildman–Crippen MR) is 85.3 cm³/mol. The minimum absolute atomic E-state index is 0.369. The second kappa shape index (κ2) is 6.74. The van der Waals surface area contributed by atoms with Crippen molar-refractivity contribution in [1.29, 1.82) is 0 Å². The number of benzene rings is 1. The lowest BCUT2D eigenvalue weighted by Gasteiger charge is -2.31. The van der Waals surface area contributed by atoms with Crippen molar-refractivity contribution in [3.8, 4) is 5.75 Å². The van der Waals surface area contributed by atoms with E-state index in [4.69, 9.17) is 10.5 Å². The van der Waals surface area contributed by atoms with E-state index in [2.05, 4.69) is 5.32 Å². The number of hydrogen-bond donors (Lipinski definition) is 2. The van der Waals surface area contributed by atoms with Crippen LogP contribution in [0.2, 0.25) is 0 Å². The maximum Gasteiger partial charge on any atom is 0.242 e. The van der Waals surface area contributed by atoms with Gasteiger partial charge in [0.2, 0.25) is 5.91 Å². The lowest BCUT2D eigenvalue weighted by Crippen LogP contribution is -2.51. The molecule has 0 spiro atoms. The highest BCUT2D eigenvalue weighted by atomic mass is 32.1. The number of amides is 1. The van der Waals surface area contributed by atoms with E-state index >= 15 is 0 Å². The van der Waals surface area contributed by atoms with Gasteiger partial charge in [-0.05, 0) is 35.6 Å². The van der Waals surface area contributed by atoms with Crippen molar-refractivity contribution in [3.63, 3.8) is 0 Å². The molecule has 1 atom stereocenters. The van der Waals surface area contributed by atoms with Gasteiger partial charge in [0.1, 0.15) is 11.3 Å². The van der Waals surface area contributed by atoms with Crippen molar-refractivity contribution in [2.45, 2.75) is 25.4 Å². The first-order valence-electron chi connectivity index (χ1n) is 6.84. The number of nitrogens with two attached hydrogens (primary N) is 1. The second-order valence-electron chi connectivity index (χ2n) is 4.78. The second-order valence-corrected chi connectivity index (χ2v) is 5.82. The van der Waals surface area contributed by atoms with Crippen LogP contribution in [0.25, 0.3) is 0 Å². The molecule has 21 heavy (non-hydrogen) atoms. The van der Waals surface area contributed by atoms with E-state index in [1.807, 2.05) is 48.7 Å². The molecule has 4 nitrogen and oxygen atoms in total. The standard InChI is InChI=1S/C16H20N2O2S/c1-3-16(15(17)19,18-11-14-5-4-10-21-14)12-6-8-13(20-2)9-7-12/h4-10,18H,3,11H2,1-2H3,(H2,17,19). The molecular weight excluding hydrogens is 284 g/mol. The summed E-state index contributed by atoms with van der Waals surface area (Å²) in [4.78, 5) is 13.3. The third kappa shape index (κ3) is 3.25. The summed E-state index contributed by atoms with van der Waals surface area (Å²) in [5.74, 6) is 0.387. The van der Waals surface area contributed by atoms with Crippen molar-refractivity contribution in [2.75, 3.05) is 7.11 Å². The number of carbonyl (C=O) groups excluding carboxylic acids is 1. The fourth-order valence-electron chi connectivity index (χ4n) is 2.36. The molecule has 0 aliphatic rings. The zero-order valence-corrected chi connectivity index (χ0v) is 13.1. The number of methoxy groups -OCH3 is 1. The van der Waals surface area contributed by atoms with Gasteiger partial charge in [0, 0.05) is 11.4 Å². The van der Waals surface area contributed by atoms with Gasteiger partial charge in [-0.1, -0.05) is 25.1 Å². The van der Waals surface area contributed by atoms with Crippen LogP contribution in [0.4, 0.5) is 0 Å². The lowest BCUT2D eigenvalue weighted by atomic mass is 9.86. The molecule has 0 saturated heterocycles. The topological polar surface area (TPSA) is 64.3 Å². The molecular formula is C16H20N2O2S. The molecule has 1 heterocycles. The zero-order valence-electron chi connectivity index (χ0n) is 12.3. The molecule has 0 aliphatic carbocycles. The summed E-state index contributed by atoms with van der Waals surface area (Å²) in [6.07, 6.45) is 0.583. The van der Waals surface area contributed by atoms with Gasteiger partial charge in [-0.15, -0.1) is 11.3 Å². The smallest absolute Gasteiger partial charge is 0.242 e. The highest BCUT2D eigenvalue weighted by molar-refractivity contribution is 7.09. The Morgan fingerprint density at radius 1 is 1.33 bits per heavy atom. The summed E-state index contributed by atoms with van der Waals surface area (Å²) in [6.45, 7) is 2.57. The molecule has 0 aliphatic heterocycles. The van der Waals surface area contributed by atoms with Crippen LogP contribution in [0.15, 0.2) is 41.8 Å². The number of carbonyl (C=O) groups is 1. The Bertz CT molecular complexity index is 581. The van der Waals surface area contributed by atoms with Crippen LogP contribution in [-0.2, 0) is 16.9 Å². The normalized spacial score (nSPS) is 13.6. The van der Waals surface area contributed by atoms with Gasteiger partial charge in [-0.2, -0.15) is 0 Å². The monoisotopic (exact) mass is 304 g/mol. The number of hydrogen-bond acceptors (Lipinski definition) is 4. The Hall–Kier alpha value is -1.85. The fraction of sp³-hybridized carbons (Fsp3) is 0.312. The molecule has 0 radical (unpaired) electrons. The summed E-state index contributed by atoms with van der Waals surface area (Å²) >= 11 is 1.65. The first-order chi connectivity index (χ1) is 10.1. The predicted octanol–water partition coefficient (Wildman–Crippen LogP) is 2.64. The van der Waals surface area contributed by atoms with Crippen LogP contribution in [0.1, 0.15) is 23.8 Å². The average molecular weight is 304 g/mol. The molecule has 1 unspecified atom stereocenters. The molecule has 0 saturated carbocycles. The van der Waals surface area contributed by atoms with Crippen LogP contribution >= 0.6 is 11.3 Å². The summed E-state index contributed by atoms with van der Waals surface area (Å²) in [5, 5.41) is 5.35. The lowest BCUT2D eigenvalue weighted by molar-refractivity contribution is -0.125. The maximum absolute atomic E-state index is 12.1. The van der Waals surface area contributed by atoms with E-state index in [0.29, 0.717) is 13.0 Å². The first-order valence-corrected chi connectivity index (χ1v) is 7.72. The van der Waals surface area contributed by atoms with Crippen molar-refractivity contribution in [1.82, 2.24) is 5.32 Å². The summed E-state index contributed by atoms with van der Waals surface area (Å²) in [7, 11) is 1.62. The van der Waals surface area contributed by atoms with Crippen LogP contribution < -0.4 is 15.8 Å². The Kier molecular flexibility index (Phi) is 4.98. The average Bonchev–Trinajstić information content (AvgIpc) is 3.02. The van der Waals surface area contributed by atoms with Crippen molar-refractivity contribution >= 4 is 17.2 Å². The van der Waals surface area contributed by atoms with Gasteiger partial charge in [0.25, 0.3) is 0 Å². The maximum atomic E-state index is 12.1. The largest absolute Gasteiger partial charge is 0.497 e. The van der Waals surface area contributed by atoms with Crippen LogP contribution in [-0.4, -0.2) is 13.0 Å². The van der Waals surface area contributed by atoms with Crippen LogP contribution in [0.3, 0.4) is 0 Å². The highest BCUT2D eigenvalue weighted by Gasteiger charge is 2.36. The van der Waals surface area contributed by atoms with Gasteiger partial charge in [-0.25, -0.2) is 0 Å². The molecule has 2 rings (SSSR count). The van der Waals surface area contributed by atoms with E-state index in [0.717, 1.165) is 11.3 Å². The van der Waals surface area contributed by atoms with Gasteiger partial charge in [0.15, 0.2) is 0 Å². The van der Waals surface area contributed by atoms with Crippen molar-refractivity contribution < 1.29 is 9.53 Å². The molecule has 1 aromatic carbocycles. The molecule has 3 N–H and O–H groups in total. The van der Waals surface area contributed by atoms with Crippen LogP contribution in [0.5, 0.6) is 5.75 Å². The SMILES string of the molecule is CCC(NCc1cccs1)(C(N)=O)c1ccc(OC)cc1. The third-order valence-corrected chi connectivity index (χ3v) is 4.55. The van der Waals surface area contributed by atoms with Crippen molar-refractivity contribution in [2.24, 2.45) is 5.73 Å². The molecule has 1 amide bonds. The zero-order chi connectivity index (χ0) is 15.3. The highest BCUT2D eigenvalue weighted by Crippen LogP contribution is 2.27. The first kappa shape index (κ1) is 15.5. The minimum Gasteiger partial charge on any atom is -0.497 e. The number of primary amides is 1. The van der Waals surface area contributed by atoms with E-state index in [-0.39, 0.29) is 5.91 Å². The molecule has 5 heteroatoms. The molecule has 1 aromatic heterocycles. The Balaban J connectivity index is 2.28.